The molecule has 2 bridgehead atoms. The van der Waals surface area contributed by atoms with Crippen LogP contribution in [-0.4, -0.2) is 70.6 Å². The molecule has 1 aliphatic heterocycles. The zero-order chi connectivity index (χ0) is 30.5. The second-order valence-corrected chi connectivity index (χ2v) is 15.1. The molecule has 2 N–H and O–H groups in total. The lowest BCUT2D eigenvalue weighted by Gasteiger charge is -2.64. The number of halogens is 1. The summed E-state index contributed by atoms with van der Waals surface area (Å²) in [6, 6.07) is 2.66. The van der Waals surface area contributed by atoms with Crippen LogP contribution in [0, 0.1) is 23.1 Å². The van der Waals surface area contributed by atoms with Gasteiger partial charge in [0.25, 0.3) is 0 Å². The van der Waals surface area contributed by atoms with Gasteiger partial charge in [-0.3, -0.25) is 4.79 Å². The largest absolute Gasteiger partial charge is 0.495 e. The molecule has 0 radical (unpaired) electrons. The second-order valence-electron chi connectivity index (χ2n) is 13.2. The molecule has 5 rings (SSSR count). The molecule has 4 fully saturated rings. The zero-order valence-corrected chi connectivity index (χ0v) is 25.9. The third-order valence-corrected chi connectivity index (χ3v) is 9.52. The molecule has 5 atom stereocenters. The summed E-state index contributed by atoms with van der Waals surface area (Å²) >= 11 is 0. The van der Waals surface area contributed by atoms with Crippen molar-refractivity contribution >= 4 is 29.0 Å². The first-order valence-corrected chi connectivity index (χ1v) is 15.9. The number of hydrogen-bond donors (Lipinski definition) is 2. The Kier molecular flexibility index (Phi) is 8.61. The average Bonchev–Trinajstić information content (AvgIpc) is 3.19. The van der Waals surface area contributed by atoms with Gasteiger partial charge in [0.15, 0.2) is 0 Å². The molecular formula is C28H42BFN2O8S. The van der Waals surface area contributed by atoms with Gasteiger partial charge in [-0.1, -0.05) is 19.9 Å². The molecule has 1 aromatic carbocycles. The maximum atomic E-state index is 14.9. The molecule has 228 valence electrons. The summed E-state index contributed by atoms with van der Waals surface area (Å²) in [5, 5.41) is 2.93. The SMILES string of the molecule is COc1c(CC(NC(=O)CCNS(C)(=O)=O)B2OC3CC4CC(C4(C)C)C3(C)O2)ccc(F)c1C(=O)OC(C)(C)C. The standard InChI is InChI=1S/C28H42BFN2O8S/c1-26(2,3)38-25(34)23-18(30)10-9-16(24(23)37-7)13-21(32-22(33)11-12-31-41(8,35)36)29-39-20-15-17-14-19(27(17,4)5)28(20,6)40-29/h9-10,17,19-21,31H,11-15H2,1-8H3,(H,32,33). The van der Waals surface area contributed by atoms with Gasteiger partial charge in [-0.05, 0) is 75.8 Å². The maximum Gasteiger partial charge on any atom is 0.482 e. The Balaban J connectivity index is 1.62. The molecule has 0 spiro atoms. The number of ether oxygens (including phenoxy) is 2. The van der Waals surface area contributed by atoms with E-state index in [1.165, 1.54) is 19.2 Å². The minimum Gasteiger partial charge on any atom is -0.495 e. The van der Waals surface area contributed by atoms with Gasteiger partial charge in [-0.25, -0.2) is 22.3 Å². The zero-order valence-electron chi connectivity index (χ0n) is 25.1. The van der Waals surface area contributed by atoms with Gasteiger partial charge in [0, 0.05) is 13.0 Å². The molecular weight excluding hydrogens is 554 g/mol. The van der Waals surface area contributed by atoms with Crippen LogP contribution in [0.15, 0.2) is 12.1 Å². The minimum absolute atomic E-state index is 0.00209. The fourth-order valence-corrected chi connectivity index (χ4v) is 7.14. The van der Waals surface area contributed by atoms with E-state index in [9.17, 15) is 22.4 Å². The van der Waals surface area contributed by atoms with Crippen molar-refractivity contribution in [2.45, 2.75) is 90.5 Å². The van der Waals surface area contributed by atoms with Crippen molar-refractivity contribution in [2.24, 2.45) is 17.3 Å². The van der Waals surface area contributed by atoms with Gasteiger partial charge >= 0.3 is 13.1 Å². The van der Waals surface area contributed by atoms with E-state index in [2.05, 4.69) is 30.8 Å². The van der Waals surface area contributed by atoms with Crippen molar-refractivity contribution < 1.29 is 41.2 Å². The number of methoxy groups -OCH3 is 1. The van der Waals surface area contributed by atoms with Crippen LogP contribution in [0.25, 0.3) is 0 Å². The van der Waals surface area contributed by atoms with Crippen molar-refractivity contribution in [3.05, 3.63) is 29.1 Å². The van der Waals surface area contributed by atoms with Crippen molar-refractivity contribution in [3.63, 3.8) is 0 Å². The number of carbonyl (C=O) groups is 2. The molecule has 41 heavy (non-hydrogen) atoms. The van der Waals surface area contributed by atoms with E-state index in [4.69, 9.17) is 18.8 Å². The highest BCUT2D eigenvalue weighted by Gasteiger charge is 2.68. The van der Waals surface area contributed by atoms with Gasteiger partial charge in [0.2, 0.25) is 15.9 Å². The quantitative estimate of drug-likeness (QED) is 0.312. The van der Waals surface area contributed by atoms with Crippen LogP contribution >= 0.6 is 0 Å². The number of benzene rings is 1. The number of carbonyl (C=O) groups excluding carboxylic acids is 2. The normalized spacial score (nSPS) is 27.4. The summed E-state index contributed by atoms with van der Waals surface area (Å²) in [4.78, 5) is 25.9. The number of rotatable bonds is 10. The van der Waals surface area contributed by atoms with Crippen LogP contribution in [0.2, 0.25) is 0 Å². The van der Waals surface area contributed by atoms with Crippen LogP contribution in [0.1, 0.15) is 76.7 Å². The van der Waals surface area contributed by atoms with E-state index < -0.39 is 52.0 Å². The Labute approximate surface area is 242 Å². The van der Waals surface area contributed by atoms with Crippen LogP contribution in [0.3, 0.4) is 0 Å². The molecule has 10 nitrogen and oxygen atoms in total. The lowest BCUT2D eigenvalue weighted by Crippen LogP contribution is -2.65. The third-order valence-electron chi connectivity index (χ3n) is 8.80. The number of amides is 1. The van der Waals surface area contributed by atoms with Crippen molar-refractivity contribution in [1.82, 2.24) is 10.0 Å². The highest BCUT2D eigenvalue weighted by atomic mass is 32.2. The minimum atomic E-state index is -3.46. The van der Waals surface area contributed by atoms with Gasteiger partial charge in [0.05, 0.1) is 31.0 Å². The molecule has 4 aliphatic rings. The fourth-order valence-electron chi connectivity index (χ4n) is 6.67. The summed E-state index contributed by atoms with van der Waals surface area (Å²) in [7, 11) is -2.95. The lowest BCUT2D eigenvalue weighted by molar-refractivity contribution is -0.199. The monoisotopic (exact) mass is 596 g/mol. The number of esters is 1. The molecule has 1 saturated heterocycles. The highest BCUT2D eigenvalue weighted by Crippen LogP contribution is 2.65. The van der Waals surface area contributed by atoms with Gasteiger partial charge < -0.3 is 24.1 Å². The Morgan fingerprint density at radius 2 is 1.90 bits per heavy atom. The van der Waals surface area contributed by atoms with Gasteiger partial charge in [-0.15, -0.1) is 0 Å². The summed E-state index contributed by atoms with van der Waals surface area (Å²) in [6.07, 6.45) is 2.75. The van der Waals surface area contributed by atoms with E-state index in [0.29, 0.717) is 11.5 Å². The number of nitrogens with one attached hydrogen (secondary N) is 2. The smallest absolute Gasteiger partial charge is 0.482 e. The summed E-state index contributed by atoms with van der Waals surface area (Å²) < 4.78 is 64.2. The molecule has 0 aromatic heterocycles. The topological polar surface area (TPSA) is 129 Å². The van der Waals surface area contributed by atoms with Crippen molar-refractivity contribution in [3.8, 4) is 5.75 Å². The van der Waals surface area contributed by atoms with Crippen LogP contribution in [-0.2, 0) is 35.3 Å². The van der Waals surface area contributed by atoms with Crippen molar-refractivity contribution in [1.29, 1.82) is 0 Å². The highest BCUT2D eigenvalue weighted by molar-refractivity contribution is 7.88. The van der Waals surface area contributed by atoms with E-state index >= 15 is 0 Å². The summed E-state index contributed by atoms with van der Waals surface area (Å²) in [6.45, 7) is 11.5. The number of sulfonamides is 1. The predicted molar refractivity (Wildman–Crippen MR) is 151 cm³/mol. The Morgan fingerprint density at radius 1 is 1.22 bits per heavy atom. The average molecular weight is 597 g/mol. The van der Waals surface area contributed by atoms with Gasteiger partial charge in [-0.2, -0.15) is 0 Å². The molecule has 3 aliphatic carbocycles. The Bertz CT molecular complexity index is 1300. The van der Waals surface area contributed by atoms with Crippen molar-refractivity contribution in [2.75, 3.05) is 19.9 Å². The van der Waals surface area contributed by atoms with Crippen LogP contribution in [0.5, 0.6) is 5.75 Å². The van der Waals surface area contributed by atoms with E-state index in [1.54, 1.807) is 20.8 Å². The predicted octanol–water partition coefficient (Wildman–Crippen LogP) is 3.02. The lowest BCUT2D eigenvalue weighted by atomic mass is 9.43. The second kappa shape index (κ2) is 11.1. The number of hydrogen-bond acceptors (Lipinski definition) is 8. The summed E-state index contributed by atoms with van der Waals surface area (Å²) in [5.41, 5.74) is -1.17. The molecule has 5 unspecified atom stereocenters. The van der Waals surface area contributed by atoms with E-state index in [1.807, 2.05) is 0 Å². The Hall–Kier alpha value is -2.22. The summed E-state index contributed by atoms with van der Waals surface area (Å²) in [5.74, 6) is -2.00. The fraction of sp³-hybridized carbons (Fsp3) is 0.714. The molecule has 1 heterocycles. The first kappa shape index (κ1) is 31.7. The molecule has 3 saturated carbocycles. The first-order valence-electron chi connectivity index (χ1n) is 14.0. The van der Waals surface area contributed by atoms with Crippen LogP contribution < -0.4 is 14.8 Å². The Morgan fingerprint density at radius 3 is 2.49 bits per heavy atom. The first-order chi connectivity index (χ1) is 18.9. The molecule has 1 amide bonds. The molecule has 1 aromatic rings. The third kappa shape index (κ3) is 6.58. The van der Waals surface area contributed by atoms with Crippen LogP contribution in [0.4, 0.5) is 4.39 Å². The van der Waals surface area contributed by atoms with Gasteiger partial charge in [0.1, 0.15) is 22.7 Å². The molecule has 13 heteroatoms. The maximum absolute atomic E-state index is 14.9. The van der Waals surface area contributed by atoms with E-state index in [-0.39, 0.29) is 48.1 Å². The van der Waals surface area contributed by atoms with E-state index in [0.717, 1.165) is 19.1 Å².